The molecule has 0 spiro atoms. The largest absolute Gasteiger partial charge is 0.481 e. The second kappa shape index (κ2) is 7.83. The summed E-state index contributed by atoms with van der Waals surface area (Å²) in [5, 5.41) is 22.3. The predicted octanol–water partition coefficient (Wildman–Crippen LogP) is 1.22. The van der Waals surface area contributed by atoms with Crippen molar-refractivity contribution in [2.24, 2.45) is 0 Å². The van der Waals surface area contributed by atoms with Crippen molar-refractivity contribution in [2.75, 3.05) is 5.32 Å². The first-order chi connectivity index (χ1) is 9.90. The molecule has 8 heteroatoms. The fourth-order valence-corrected chi connectivity index (χ4v) is 1.63. The highest BCUT2D eigenvalue weighted by atomic mass is 16.4. The van der Waals surface area contributed by atoms with E-state index in [1.54, 1.807) is 19.2 Å². The third kappa shape index (κ3) is 5.89. The molecule has 0 saturated carbocycles. The van der Waals surface area contributed by atoms with Crippen LogP contribution in [0.2, 0.25) is 0 Å². The van der Waals surface area contributed by atoms with Gasteiger partial charge in [0.25, 0.3) is 0 Å². The van der Waals surface area contributed by atoms with Crippen LogP contribution in [0.4, 0.5) is 10.5 Å². The van der Waals surface area contributed by atoms with Gasteiger partial charge in [-0.1, -0.05) is 0 Å². The number of carbonyl (C=O) groups is 3. The fraction of sp³-hybridized carbons (Fsp3) is 0.385. The van der Waals surface area contributed by atoms with Gasteiger partial charge in [0.2, 0.25) is 0 Å². The van der Waals surface area contributed by atoms with Gasteiger partial charge in [-0.25, -0.2) is 9.59 Å². The number of nitrogens with zero attached hydrogens (tertiary/aromatic N) is 1. The number of aryl methyl sites for hydroxylation is 1. The minimum Gasteiger partial charge on any atom is -0.481 e. The Morgan fingerprint density at radius 2 is 2.05 bits per heavy atom. The number of amides is 2. The Kier molecular flexibility index (Phi) is 6.12. The smallest absolute Gasteiger partial charge is 0.326 e. The highest BCUT2D eigenvalue weighted by Gasteiger charge is 2.20. The van der Waals surface area contributed by atoms with Gasteiger partial charge in [-0.05, 0) is 31.4 Å². The van der Waals surface area contributed by atoms with Gasteiger partial charge >= 0.3 is 18.0 Å². The van der Waals surface area contributed by atoms with E-state index in [0.29, 0.717) is 5.69 Å². The van der Waals surface area contributed by atoms with Crippen LogP contribution in [-0.2, 0) is 9.59 Å². The summed E-state index contributed by atoms with van der Waals surface area (Å²) in [6.45, 7) is 1.78. The number of urea groups is 1. The van der Waals surface area contributed by atoms with Crippen LogP contribution >= 0.6 is 0 Å². The zero-order valence-electron chi connectivity index (χ0n) is 11.5. The maximum absolute atomic E-state index is 11.7. The van der Waals surface area contributed by atoms with Gasteiger partial charge in [0.05, 0.1) is 11.9 Å². The number of nitrogens with one attached hydrogen (secondary N) is 2. The molecule has 1 aromatic heterocycles. The second-order valence-electron chi connectivity index (χ2n) is 4.47. The van der Waals surface area contributed by atoms with Crippen molar-refractivity contribution >= 4 is 23.7 Å². The Balaban J connectivity index is 2.54. The normalized spacial score (nSPS) is 11.5. The molecular formula is C13H17N3O5. The van der Waals surface area contributed by atoms with Crippen molar-refractivity contribution in [3.05, 3.63) is 24.0 Å². The molecule has 0 aliphatic heterocycles. The highest BCUT2D eigenvalue weighted by molar-refractivity contribution is 5.92. The van der Waals surface area contributed by atoms with Crippen LogP contribution in [0.5, 0.6) is 0 Å². The second-order valence-corrected chi connectivity index (χ2v) is 4.47. The van der Waals surface area contributed by atoms with Gasteiger partial charge in [-0.15, -0.1) is 0 Å². The molecule has 21 heavy (non-hydrogen) atoms. The number of rotatable bonds is 7. The molecule has 0 radical (unpaired) electrons. The molecule has 114 valence electrons. The average Bonchev–Trinajstić information content (AvgIpc) is 2.39. The molecule has 0 saturated heterocycles. The van der Waals surface area contributed by atoms with E-state index in [1.807, 2.05) is 0 Å². The Hall–Kier alpha value is -2.64. The van der Waals surface area contributed by atoms with Crippen LogP contribution < -0.4 is 10.6 Å². The predicted molar refractivity (Wildman–Crippen MR) is 74.0 cm³/mol. The van der Waals surface area contributed by atoms with Crippen LogP contribution in [0.25, 0.3) is 0 Å². The van der Waals surface area contributed by atoms with Crippen LogP contribution in [-0.4, -0.2) is 39.2 Å². The number of carboxylic acids is 2. The van der Waals surface area contributed by atoms with Crippen LogP contribution in [0.3, 0.4) is 0 Å². The minimum absolute atomic E-state index is 0.0427. The summed E-state index contributed by atoms with van der Waals surface area (Å²) in [5.41, 5.74) is 1.27. The van der Waals surface area contributed by atoms with Crippen molar-refractivity contribution in [2.45, 2.75) is 32.2 Å². The molecule has 1 rings (SSSR count). The Morgan fingerprint density at radius 1 is 1.33 bits per heavy atom. The lowest BCUT2D eigenvalue weighted by atomic mass is 10.1. The molecule has 0 fully saturated rings. The molecule has 2 amide bonds. The summed E-state index contributed by atoms with van der Waals surface area (Å²) in [7, 11) is 0. The Labute approximate surface area is 121 Å². The summed E-state index contributed by atoms with van der Waals surface area (Å²) in [5.74, 6) is -2.21. The topological polar surface area (TPSA) is 129 Å². The monoisotopic (exact) mass is 295 g/mol. The summed E-state index contributed by atoms with van der Waals surface area (Å²) in [6.07, 6.45) is 3.09. The van der Waals surface area contributed by atoms with Gasteiger partial charge in [0.1, 0.15) is 6.04 Å². The third-order valence-corrected chi connectivity index (χ3v) is 2.77. The quantitative estimate of drug-likeness (QED) is 0.598. The maximum Gasteiger partial charge on any atom is 0.326 e. The standard InChI is InChI=1S/C13H17N3O5/c1-8-5-6-14-7-10(8)16-13(21)15-9(12(19)20)3-2-4-11(17)18/h5-7,9H,2-4H2,1H3,(H,17,18)(H,19,20)(H2,15,16,21)/t9-/m1/s1. The summed E-state index contributed by atoms with van der Waals surface area (Å²) >= 11 is 0. The number of aromatic nitrogens is 1. The zero-order chi connectivity index (χ0) is 15.8. The molecular weight excluding hydrogens is 278 g/mol. The first-order valence-electron chi connectivity index (χ1n) is 6.33. The number of carbonyl (C=O) groups excluding carboxylic acids is 1. The van der Waals surface area contributed by atoms with E-state index in [1.165, 1.54) is 6.20 Å². The molecule has 0 aliphatic carbocycles. The first kappa shape index (κ1) is 16.4. The maximum atomic E-state index is 11.7. The highest BCUT2D eigenvalue weighted by Crippen LogP contribution is 2.11. The van der Waals surface area contributed by atoms with Crippen LogP contribution in [0.15, 0.2) is 18.5 Å². The van der Waals surface area contributed by atoms with Crippen molar-refractivity contribution in [1.29, 1.82) is 0 Å². The number of anilines is 1. The Bertz CT molecular complexity index is 532. The van der Waals surface area contributed by atoms with E-state index >= 15 is 0 Å². The van der Waals surface area contributed by atoms with E-state index in [2.05, 4.69) is 15.6 Å². The van der Waals surface area contributed by atoms with E-state index in [0.717, 1.165) is 5.56 Å². The molecule has 1 atom stereocenters. The lowest BCUT2D eigenvalue weighted by molar-refractivity contribution is -0.140. The molecule has 0 bridgehead atoms. The summed E-state index contributed by atoms with van der Waals surface area (Å²) < 4.78 is 0. The molecule has 1 aromatic rings. The van der Waals surface area contributed by atoms with E-state index in [4.69, 9.17) is 10.2 Å². The van der Waals surface area contributed by atoms with E-state index < -0.39 is 24.0 Å². The fourth-order valence-electron chi connectivity index (χ4n) is 1.63. The van der Waals surface area contributed by atoms with Gasteiger partial charge in [0.15, 0.2) is 0 Å². The van der Waals surface area contributed by atoms with Crippen molar-refractivity contribution < 1.29 is 24.6 Å². The SMILES string of the molecule is Cc1ccncc1NC(=O)N[C@H](CCCC(=O)O)C(=O)O. The first-order valence-corrected chi connectivity index (χ1v) is 6.33. The lowest BCUT2D eigenvalue weighted by Gasteiger charge is -2.15. The van der Waals surface area contributed by atoms with E-state index in [9.17, 15) is 14.4 Å². The van der Waals surface area contributed by atoms with Crippen molar-refractivity contribution in [3.63, 3.8) is 0 Å². The molecule has 0 aliphatic rings. The van der Waals surface area contributed by atoms with Gasteiger partial charge < -0.3 is 20.8 Å². The average molecular weight is 295 g/mol. The number of hydrogen-bond acceptors (Lipinski definition) is 4. The summed E-state index contributed by atoms with van der Waals surface area (Å²) in [6, 6.07) is -0.105. The van der Waals surface area contributed by atoms with Gasteiger partial charge in [-0.3, -0.25) is 9.78 Å². The van der Waals surface area contributed by atoms with Crippen molar-refractivity contribution in [1.82, 2.24) is 10.3 Å². The van der Waals surface area contributed by atoms with Crippen molar-refractivity contribution in [3.8, 4) is 0 Å². The number of carboxylic acid groups (broad SMARTS) is 2. The molecule has 0 unspecified atom stereocenters. The molecule has 8 nitrogen and oxygen atoms in total. The van der Waals surface area contributed by atoms with Gasteiger partial charge in [-0.2, -0.15) is 0 Å². The third-order valence-electron chi connectivity index (χ3n) is 2.77. The number of pyridine rings is 1. The molecule has 0 aromatic carbocycles. The molecule has 1 heterocycles. The van der Waals surface area contributed by atoms with Gasteiger partial charge in [0, 0.05) is 12.6 Å². The summed E-state index contributed by atoms with van der Waals surface area (Å²) in [4.78, 5) is 37.0. The number of hydrogen-bond donors (Lipinski definition) is 4. The van der Waals surface area contributed by atoms with E-state index in [-0.39, 0.29) is 19.3 Å². The minimum atomic E-state index is -1.21. The molecule has 4 N–H and O–H groups in total. The number of aliphatic carboxylic acids is 2. The van der Waals surface area contributed by atoms with Crippen LogP contribution in [0.1, 0.15) is 24.8 Å². The Morgan fingerprint density at radius 3 is 2.62 bits per heavy atom. The van der Waals surface area contributed by atoms with Crippen LogP contribution in [0, 0.1) is 6.92 Å². The zero-order valence-corrected chi connectivity index (χ0v) is 11.5. The lowest BCUT2D eigenvalue weighted by Crippen LogP contribution is -2.43.